The van der Waals surface area contributed by atoms with Crippen molar-refractivity contribution in [2.45, 2.75) is 13.8 Å². The van der Waals surface area contributed by atoms with Crippen LogP contribution in [0.5, 0.6) is 0 Å². The molecular formula is C15H13Cl2NO3S. The number of hydrogen-bond donors (Lipinski definition) is 1. The van der Waals surface area contributed by atoms with Crippen LogP contribution in [0.4, 0.5) is 5.00 Å². The van der Waals surface area contributed by atoms with E-state index in [1.54, 1.807) is 32.0 Å². The average molecular weight is 358 g/mol. The molecule has 0 radical (unpaired) electrons. The summed E-state index contributed by atoms with van der Waals surface area (Å²) in [6, 6.07) is 6.36. The van der Waals surface area contributed by atoms with E-state index in [1.807, 2.05) is 0 Å². The fraction of sp³-hybridized carbons (Fsp3) is 0.200. The molecule has 0 fully saturated rings. The molecule has 1 N–H and O–H groups in total. The maximum Gasteiger partial charge on any atom is 0.348 e. The Kier molecular flexibility index (Phi) is 5.45. The Bertz CT molecular complexity index is 728. The van der Waals surface area contributed by atoms with Crippen molar-refractivity contribution in [3.8, 4) is 0 Å². The van der Waals surface area contributed by atoms with Gasteiger partial charge in [-0.3, -0.25) is 4.79 Å². The molecule has 0 atom stereocenters. The maximum atomic E-state index is 12.2. The quantitative estimate of drug-likeness (QED) is 0.800. The number of nitrogens with one attached hydrogen (secondary N) is 1. The Morgan fingerprint density at radius 3 is 2.59 bits per heavy atom. The first-order chi connectivity index (χ1) is 10.4. The molecule has 2 rings (SSSR count). The van der Waals surface area contributed by atoms with Crippen molar-refractivity contribution < 1.29 is 14.3 Å². The Labute approximate surface area is 142 Å². The van der Waals surface area contributed by atoms with E-state index in [9.17, 15) is 9.59 Å². The highest BCUT2D eigenvalue weighted by molar-refractivity contribution is 7.18. The number of esters is 1. The second-order valence-electron chi connectivity index (χ2n) is 4.43. The summed E-state index contributed by atoms with van der Waals surface area (Å²) in [4.78, 5) is 24.4. The minimum Gasteiger partial charge on any atom is -0.462 e. The topological polar surface area (TPSA) is 55.4 Å². The minimum absolute atomic E-state index is 0.307. The van der Waals surface area contributed by atoms with Gasteiger partial charge >= 0.3 is 5.97 Å². The number of anilines is 1. The first-order valence-corrected chi connectivity index (χ1v) is 8.03. The summed E-state index contributed by atoms with van der Waals surface area (Å²) < 4.78 is 4.97. The maximum absolute atomic E-state index is 12.2. The highest BCUT2D eigenvalue weighted by Gasteiger charge is 2.16. The number of carbonyl (C=O) groups is 2. The van der Waals surface area contributed by atoms with Gasteiger partial charge in [0.15, 0.2) is 0 Å². The van der Waals surface area contributed by atoms with Gasteiger partial charge < -0.3 is 10.1 Å². The molecule has 0 aliphatic carbocycles. The highest BCUT2D eigenvalue weighted by atomic mass is 35.5. The van der Waals surface area contributed by atoms with Gasteiger partial charge in [-0.15, -0.1) is 11.3 Å². The van der Waals surface area contributed by atoms with Crippen LogP contribution in [-0.4, -0.2) is 18.5 Å². The van der Waals surface area contributed by atoms with Gasteiger partial charge in [-0.25, -0.2) is 4.79 Å². The van der Waals surface area contributed by atoms with Crippen LogP contribution in [0.15, 0.2) is 24.3 Å². The van der Waals surface area contributed by atoms with Crippen LogP contribution in [0.1, 0.15) is 32.5 Å². The molecule has 0 bridgehead atoms. The van der Waals surface area contributed by atoms with E-state index in [1.165, 1.54) is 17.4 Å². The molecule has 1 aromatic heterocycles. The third kappa shape index (κ3) is 3.80. The number of carbonyl (C=O) groups excluding carboxylic acids is 2. The number of ether oxygens (including phenoxy) is 1. The molecule has 0 aliphatic heterocycles. The van der Waals surface area contributed by atoms with Crippen molar-refractivity contribution in [2.75, 3.05) is 11.9 Å². The molecule has 1 heterocycles. The van der Waals surface area contributed by atoms with Crippen molar-refractivity contribution >= 4 is 51.4 Å². The van der Waals surface area contributed by atoms with E-state index in [-0.39, 0.29) is 11.9 Å². The Morgan fingerprint density at radius 1 is 1.23 bits per heavy atom. The summed E-state index contributed by atoms with van der Waals surface area (Å²) in [5.74, 6) is -0.713. The molecule has 1 aromatic carbocycles. The molecule has 0 saturated carbocycles. The second kappa shape index (κ2) is 7.13. The lowest BCUT2D eigenvalue weighted by atomic mass is 10.2. The van der Waals surface area contributed by atoms with Crippen LogP contribution in [0, 0.1) is 6.92 Å². The number of rotatable bonds is 4. The minimum atomic E-state index is -0.389. The number of aryl methyl sites for hydroxylation is 1. The van der Waals surface area contributed by atoms with E-state index >= 15 is 0 Å². The number of amides is 1. The van der Waals surface area contributed by atoms with E-state index < -0.39 is 0 Å². The van der Waals surface area contributed by atoms with Crippen LogP contribution in [-0.2, 0) is 4.74 Å². The molecule has 0 spiro atoms. The zero-order chi connectivity index (χ0) is 16.3. The molecule has 4 nitrogen and oxygen atoms in total. The third-order valence-electron chi connectivity index (χ3n) is 2.80. The predicted octanol–water partition coefficient (Wildman–Crippen LogP) is 4.79. The van der Waals surface area contributed by atoms with Crippen molar-refractivity contribution in [3.05, 3.63) is 50.3 Å². The molecular weight excluding hydrogens is 345 g/mol. The normalized spacial score (nSPS) is 10.4. The average Bonchev–Trinajstić information content (AvgIpc) is 2.82. The van der Waals surface area contributed by atoms with E-state index in [4.69, 9.17) is 27.9 Å². The van der Waals surface area contributed by atoms with Crippen molar-refractivity contribution in [1.29, 1.82) is 0 Å². The lowest BCUT2D eigenvalue weighted by Crippen LogP contribution is -2.10. The standard InChI is InChI=1S/C15H13Cl2NO3S/c1-3-21-15(20)13-8(2)6-12(22-13)18-14(19)9-4-5-10(16)11(17)7-9/h4-7H,3H2,1-2H3,(H,18,19). The zero-order valence-corrected chi connectivity index (χ0v) is 14.2. The van der Waals surface area contributed by atoms with Crippen LogP contribution in [0.2, 0.25) is 10.0 Å². The SMILES string of the molecule is CCOC(=O)c1sc(NC(=O)c2ccc(Cl)c(Cl)c2)cc1C. The zero-order valence-electron chi connectivity index (χ0n) is 11.9. The van der Waals surface area contributed by atoms with Crippen LogP contribution in [0.25, 0.3) is 0 Å². The molecule has 2 aromatic rings. The molecule has 0 unspecified atom stereocenters. The Balaban J connectivity index is 2.16. The molecule has 22 heavy (non-hydrogen) atoms. The van der Waals surface area contributed by atoms with Gasteiger partial charge in [0.1, 0.15) is 4.88 Å². The smallest absolute Gasteiger partial charge is 0.348 e. The van der Waals surface area contributed by atoms with E-state index in [0.717, 1.165) is 5.56 Å². The Morgan fingerprint density at radius 2 is 1.95 bits per heavy atom. The fourth-order valence-corrected chi connectivity index (χ4v) is 3.02. The van der Waals surface area contributed by atoms with Gasteiger partial charge in [0, 0.05) is 5.56 Å². The van der Waals surface area contributed by atoms with E-state index in [2.05, 4.69) is 5.32 Å². The largest absolute Gasteiger partial charge is 0.462 e. The molecule has 1 amide bonds. The first-order valence-electron chi connectivity index (χ1n) is 6.46. The summed E-state index contributed by atoms with van der Waals surface area (Å²) in [5, 5.41) is 3.99. The number of benzene rings is 1. The Hall–Kier alpha value is -1.56. The predicted molar refractivity (Wildman–Crippen MR) is 89.4 cm³/mol. The monoisotopic (exact) mass is 357 g/mol. The van der Waals surface area contributed by atoms with E-state index in [0.29, 0.717) is 32.1 Å². The van der Waals surface area contributed by atoms with Crippen molar-refractivity contribution in [1.82, 2.24) is 0 Å². The fourth-order valence-electron chi connectivity index (χ4n) is 1.76. The number of hydrogen-bond acceptors (Lipinski definition) is 4. The second-order valence-corrected chi connectivity index (χ2v) is 6.29. The van der Waals surface area contributed by atoms with Crippen molar-refractivity contribution in [2.24, 2.45) is 0 Å². The van der Waals surface area contributed by atoms with Gasteiger partial charge in [0.05, 0.1) is 21.7 Å². The number of halogens is 2. The van der Waals surface area contributed by atoms with Gasteiger partial charge in [-0.2, -0.15) is 0 Å². The summed E-state index contributed by atoms with van der Waals surface area (Å²) in [6.07, 6.45) is 0. The van der Waals surface area contributed by atoms with Gasteiger partial charge in [-0.05, 0) is 43.7 Å². The van der Waals surface area contributed by atoms with Gasteiger partial charge in [0.25, 0.3) is 5.91 Å². The lowest BCUT2D eigenvalue weighted by Gasteiger charge is -2.03. The summed E-state index contributed by atoms with van der Waals surface area (Å²) in [6.45, 7) is 3.84. The number of thiophene rings is 1. The third-order valence-corrected chi connectivity index (χ3v) is 4.67. The van der Waals surface area contributed by atoms with Crippen LogP contribution in [0.3, 0.4) is 0 Å². The summed E-state index contributed by atoms with van der Waals surface area (Å²) >= 11 is 12.9. The van der Waals surface area contributed by atoms with Gasteiger partial charge in [-0.1, -0.05) is 23.2 Å². The molecule has 0 saturated heterocycles. The highest BCUT2D eigenvalue weighted by Crippen LogP contribution is 2.28. The first kappa shape index (κ1) is 16.8. The molecule has 0 aliphatic rings. The van der Waals surface area contributed by atoms with Crippen LogP contribution < -0.4 is 5.32 Å². The summed E-state index contributed by atoms with van der Waals surface area (Å²) in [5.41, 5.74) is 1.14. The van der Waals surface area contributed by atoms with Gasteiger partial charge in [0.2, 0.25) is 0 Å². The molecule has 7 heteroatoms. The van der Waals surface area contributed by atoms with Crippen molar-refractivity contribution in [3.63, 3.8) is 0 Å². The van der Waals surface area contributed by atoms with Crippen LogP contribution >= 0.6 is 34.5 Å². The summed E-state index contributed by atoms with van der Waals surface area (Å²) in [7, 11) is 0. The lowest BCUT2D eigenvalue weighted by molar-refractivity contribution is 0.0531. The molecule has 116 valence electrons.